The Kier molecular flexibility index (Phi) is 7.08. The van der Waals surface area contributed by atoms with E-state index in [1.165, 1.54) is 6.20 Å². The van der Waals surface area contributed by atoms with E-state index >= 15 is 0 Å². The molecule has 39 heavy (non-hydrogen) atoms. The van der Waals surface area contributed by atoms with E-state index in [0.717, 1.165) is 5.69 Å². The highest BCUT2D eigenvalue weighted by molar-refractivity contribution is 6.30. The molecule has 12 heteroatoms. The minimum atomic E-state index is -0.584. The number of hydrogen-bond donors (Lipinski definition) is 2. The normalized spacial score (nSPS) is 14.8. The van der Waals surface area contributed by atoms with E-state index in [9.17, 15) is 15.2 Å². The van der Waals surface area contributed by atoms with E-state index in [1.54, 1.807) is 29.2 Å². The molecule has 1 fully saturated rings. The number of imidazole rings is 1. The van der Waals surface area contributed by atoms with E-state index in [-0.39, 0.29) is 12.5 Å². The van der Waals surface area contributed by atoms with Gasteiger partial charge in [0.2, 0.25) is 11.9 Å². The molecule has 4 aromatic rings. The van der Waals surface area contributed by atoms with Gasteiger partial charge in [-0.2, -0.15) is 15.2 Å². The van der Waals surface area contributed by atoms with E-state index in [0.29, 0.717) is 77.5 Å². The highest BCUT2D eigenvalue weighted by Crippen LogP contribution is 2.37. The van der Waals surface area contributed by atoms with Crippen LogP contribution in [0.5, 0.6) is 0 Å². The number of carbonyl (C=O) groups excluding carboxylic acids is 1. The van der Waals surface area contributed by atoms with Gasteiger partial charge in [0, 0.05) is 49.0 Å². The summed E-state index contributed by atoms with van der Waals surface area (Å²) in [6.45, 7) is 3.29. The highest BCUT2D eigenvalue weighted by atomic mass is 35.5. The number of nitriles is 1. The molecule has 11 nitrogen and oxygen atoms in total. The number of anilines is 2. The zero-order chi connectivity index (χ0) is 27.7. The summed E-state index contributed by atoms with van der Waals surface area (Å²) in [4.78, 5) is 35.2. The van der Waals surface area contributed by atoms with Crippen molar-refractivity contribution in [2.75, 3.05) is 43.1 Å². The minimum absolute atomic E-state index is 0.0647. The van der Waals surface area contributed by atoms with Crippen LogP contribution in [0.3, 0.4) is 0 Å². The Balaban J connectivity index is 1.74. The van der Waals surface area contributed by atoms with Crippen molar-refractivity contribution in [3.63, 3.8) is 0 Å². The maximum absolute atomic E-state index is 12.1. The smallest absolute Gasteiger partial charge is 0.229 e. The average Bonchev–Trinajstić information content (AvgIpc) is 3.33. The Labute approximate surface area is 230 Å². The van der Waals surface area contributed by atoms with Crippen molar-refractivity contribution in [2.24, 2.45) is 11.1 Å². The number of fused-ring (bicyclic) bond motifs is 1. The van der Waals surface area contributed by atoms with Crippen molar-refractivity contribution < 1.29 is 9.90 Å². The summed E-state index contributed by atoms with van der Waals surface area (Å²) in [6, 6.07) is 12.8. The van der Waals surface area contributed by atoms with Gasteiger partial charge in [0.15, 0.2) is 22.8 Å². The van der Waals surface area contributed by atoms with Gasteiger partial charge in [-0.25, -0.2) is 4.98 Å². The van der Waals surface area contributed by atoms with Crippen molar-refractivity contribution >= 4 is 40.4 Å². The SMILES string of the molecule is CN(CCO)c1nc(N2CCC(C)(C(N)=O)CC2)c2nc(-c3ccc(C#N)cn3)n(-c3ccc(Cl)cc3)c2n1. The molecule has 200 valence electrons. The minimum Gasteiger partial charge on any atom is -0.395 e. The number of aromatic nitrogens is 5. The van der Waals surface area contributed by atoms with E-state index in [2.05, 4.69) is 16.0 Å². The number of nitrogens with zero attached hydrogens (tertiary/aromatic N) is 8. The van der Waals surface area contributed by atoms with Crippen molar-refractivity contribution in [3.05, 3.63) is 53.2 Å². The third-order valence-electron chi connectivity index (χ3n) is 7.22. The summed E-state index contributed by atoms with van der Waals surface area (Å²) >= 11 is 6.19. The molecule has 0 unspecified atom stereocenters. The van der Waals surface area contributed by atoms with E-state index in [1.807, 2.05) is 30.7 Å². The van der Waals surface area contributed by atoms with Gasteiger partial charge in [-0.15, -0.1) is 0 Å². The number of amides is 1. The molecule has 5 rings (SSSR count). The Hall–Kier alpha value is -4.27. The van der Waals surface area contributed by atoms with Gasteiger partial charge in [-0.1, -0.05) is 18.5 Å². The number of rotatable bonds is 7. The topological polar surface area (TPSA) is 150 Å². The molecule has 0 atom stereocenters. The van der Waals surface area contributed by atoms with Gasteiger partial charge in [-0.3, -0.25) is 14.3 Å². The van der Waals surface area contributed by atoms with Gasteiger partial charge < -0.3 is 20.6 Å². The fourth-order valence-corrected chi connectivity index (χ4v) is 4.76. The molecule has 1 aliphatic rings. The molecule has 1 amide bonds. The molecule has 0 bridgehead atoms. The summed E-state index contributed by atoms with van der Waals surface area (Å²) < 4.78 is 1.89. The first kappa shape index (κ1) is 26.3. The number of pyridine rings is 1. The molecule has 3 N–H and O–H groups in total. The van der Waals surface area contributed by atoms with E-state index in [4.69, 9.17) is 32.3 Å². The average molecular weight is 546 g/mol. The van der Waals surface area contributed by atoms with Crippen LogP contribution in [0, 0.1) is 16.7 Å². The van der Waals surface area contributed by atoms with Crippen molar-refractivity contribution in [2.45, 2.75) is 19.8 Å². The lowest BCUT2D eigenvalue weighted by Crippen LogP contribution is -2.45. The number of benzene rings is 1. The third-order valence-corrected chi connectivity index (χ3v) is 7.47. The standard InChI is InChI=1S/C27H28ClN9O2/c1-27(25(30)39)9-11-36(12-10-27)23-21-24(34-26(33-23)35(2)13-14-38)37(19-6-4-18(28)5-7-19)22(32-21)20-8-3-17(15-29)16-31-20/h3-8,16,38H,9-14H2,1-2H3,(H2,30,39). The van der Waals surface area contributed by atoms with Crippen LogP contribution in [0.1, 0.15) is 25.3 Å². The number of piperidine rings is 1. The summed E-state index contributed by atoms with van der Waals surface area (Å²) in [6.07, 6.45) is 2.67. The summed E-state index contributed by atoms with van der Waals surface area (Å²) in [5.41, 5.74) is 7.98. The molecule has 1 saturated heterocycles. The largest absolute Gasteiger partial charge is 0.395 e. The number of primary amides is 1. The zero-order valence-electron chi connectivity index (χ0n) is 21.7. The molecule has 0 spiro atoms. The first-order chi connectivity index (χ1) is 18.7. The van der Waals surface area contributed by atoms with Crippen molar-refractivity contribution in [1.29, 1.82) is 5.26 Å². The van der Waals surface area contributed by atoms with Crippen molar-refractivity contribution in [3.8, 4) is 23.3 Å². The zero-order valence-corrected chi connectivity index (χ0v) is 22.4. The first-order valence-corrected chi connectivity index (χ1v) is 12.9. The van der Waals surface area contributed by atoms with Crippen LogP contribution < -0.4 is 15.5 Å². The summed E-state index contributed by atoms with van der Waals surface area (Å²) in [7, 11) is 1.81. The lowest BCUT2D eigenvalue weighted by atomic mass is 9.80. The molecule has 0 saturated carbocycles. The number of aliphatic hydroxyl groups is 1. The Morgan fingerprint density at radius 2 is 1.90 bits per heavy atom. The maximum Gasteiger partial charge on any atom is 0.229 e. The number of aliphatic hydroxyl groups excluding tert-OH is 1. The second kappa shape index (κ2) is 10.5. The molecular formula is C27H28ClN9O2. The number of nitrogens with two attached hydrogens (primary N) is 1. The lowest BCUT2D eigenvalue weighted by Gasteiger charge is -2.38. The van der Waals surface area contributed by atoms with Crippen LogP contribution in [0.15, 0.2) is 42.6 Å². The van der Waals surface area contributed by atoms with Crippen LogP contribution in [0.2, 0.25) is 5.02 Å². The molecule has 0 radical (unpaired) electrons. The first-order valence-electron chi connectivity index (χ1n) is 12.5. The highest BCUT2D eigenvalue weighted by Gasteiger charge is 2.37. The number of likely N-dealkylation sites (N-methyl/N-ethyl adjacent to an activating group) is 1. The molecule has 1 aromatic carbocycles. The molecule has 4 heterocycles. The molecule has 3 aromatic heterocycles. The monoisotopic (exact) mass is 545 g/mol. The van der Waals surface area contributed by atoms with Crippen molar-refractivity contribution in [1.82, 2.24) is 24.5 Å². The van der Waals surface area contributed by atoms with Crippen LogP contribution in [-0.2, 0) is 4.79 Å². The second-order valence-electron chi connectivity index (χ2n) is 9.87. The van der Waals surface area contributed by atoms with E-state index < -0.39 is 5.41 Å². The predicted molar refractivity (Wildman–Crippen MR) is 149 cm³/mol. The Morgan fingerprint density at radius 3 is 2.49 bits per heavy atom. The fraction of sp³-hybridized carbons (Fsp3) is 0.333. The molecular weight excluding hydrogens is 518 g/mol. The van der Waals surface area contributed by atoms with Gasteiger partial charge in [0.05, 0.1) is 12.2 Å². The van der Waals surface area contributed by atoms with Crippen LogP contribution >= 0.6 is 11.6 Å². The van der Waals surface area contributed by atoms with Gasteiger partial charge in [0.1, 0.15) is 11.8 Å². The Morgan fingerprint density at radius 1 is 1.18 bits per heavy atom. The molecule has 1 aliphatic heterocycles. The van der Waals surface area contributed by atoms with Gasteiger partial charge >= 0.3 is 0 Å². The number of halogens is 1. The van der Waals surface area contributed by atoms with Crippen LogP contribution in [0.25, 0.3) is 28.4 Å². The summed E-state index contributed by atoms with van der Waals surface area (Å²) in [5, 5.41) is 19.4. The second-order valence-corrected chi connectivity index (χ2v) is 10.3. The quantitative estimate of drug-likeness (QED) is 0.357. The molecule has 0 aliphatic carbocycles. The van der Waals surface area contributed by atoms with Gasteiger partial charge in [-0.05, 0) is 49.2 Å². The van der Waals surface area contributed by atoms with Crippen LogP contribution in [0.4, 0.5) is 11.8 Å². The van der Waals surface area contributed by atoms with Gasteiger partial charge in [0.25, 0.3) is 0 Å². The predicted octanol–water partition coefficient (Wildman–Crippen LogP) is 2.92. The Bertz CT molecular complexity index is 1550. The maximum atomic E-state index is 12.1. The fourth-order valence-electron chi connectivity index (χ4n) is 4.63. The number of hydrogen-bond acceptors (Lipinski definition) is 9. The summed E-state index contributed by atoms with van der Waals surface area (Å²) in [5.74, 6) is 1.26. The van der Waals surface area contributed by atoms with Crippen LogP contribution in [-0.4, -0.2) is 68.8 Å². The number of carbonyl (C=O) groups is 1. The lowest BCUT2D eigenvalue weighted by molar-refractivity contribution is -0.127. The third kappa shape index (κ3) is 4.96.